The average molecular weight is 742 g/mol. The summed E-state index contributed by atoms with van der Waals surface area (Å²) in [6.07, 6.45) is 6.52. The number of sulfonamides is 1. The minimum atomic E-state index is -3.90. The van der Waals surface area contributed by atoms with Crippen LogP contribution in [-0.4, -0.2) is 110 Å². The molecule has 6 atom stereocenters. The molecule has 6 aliphatic rings. The zero-order valence-corrected chi connectivity index (χ0v) is 29.9. The van der Waals surface area contributed by atoms with Crippen molar-refractivity contribution in [3.05, 3.63) is 47.5 Å². The number of rotatable bonds is 6. The molecule has 2 aliphatic carbocycles. The maximum atomic E-state index is 14.4. The van der Waals surface area contributed by atoms with Gasteiger partial charge in [-0.2, -0.15) is 0 Å². The van der Waals surface area contributed by atoms with Gasteiger partial charge in [0.2, 0.25) is 21.8 Å². The summed E-state index contributed by atoms with van der Waals surface area (Å²) < 4.78 is 44.5. The van der Waals surface area contributed by atoms with E-state index in [0.29, 0.717) is 58.2 Å². The van der Waals surface area contributed by atoms with Gasteiger partial charge in [0.25, 0.3) is 5.91 Å². The zero-order valence-electron chi connectivity index (χ0n) is 29.1. The Balaban J connectivity index is 1.12. The van der Waals surface area contributed by atoms with E-state index in [1.165, 1.54) is 4.90 Å². The first-order valence-corrected chi connectivity index (χ1v) is 20.0. The summed E-state index contributed by atoms with van der Waals surface area (Å²) >= 11 is 0. The largest absolute Gasteiger partial charge is 0.444 e. The van der Waals surface area contributed by atoms with Crippen molar-refractivity contribution in [2.75, 3.05) is 26.3 Å². The second-order valence-corrected chi connectivity index (χ2v) is 16.7. The van der Waals surface area contributed by atoms with Crippen molar-refractivity contribution in [2.24, 2.45) is 5.92 Å². The van der Waals surface area contributed by atoms with Crippen LogP contribution in [0.2, 0.25) is 0 Å². The van der Waals surface area contributed by atoms with Gasteiger partial charge < -0.3 is 34.6 Å². The van der Waals surface area contributed by atoms with Crippen molar-refractivity contribution in [2.45, 2.75) is 112 Å². The van der Waals surface area contributed by atoms with Crippen molar-refractivity contribution in [3.63, 3.8) is 0 Å². The number of nitrogens with one attached hydrogen (secondary N) is 3. The number of allylic oxidation sites excluding steroid dienone is 1. The van der Waals surface area contributed by atoms with E-state index in [1.807, 2.05) is 36.4 Å². The molecule has 16 heteroatoms. The molecule has 1 unspecified atom stereocenters. The standard InChI is InChI=1S/C36H47N5O10S/c42-31-30-18-27(51-35(46)40-16-14-23-8-6-7-9-24(23)20-40)21-41(30)32(43)29(37-34(45)50-26-15-17-49-22-26)11-5-3-1-2-4-10-25-19-36(25,38-31)33(44)39-52(47,48)28-12-13-28/h4,6-10,25-30H,1-3,5,11-22H2,(H,37,45)(H,38,42)(H,39,44)/b10-4-/t25-,26?,27-,29+,30+,36-/m1/s1. The average Bonchev–Trinajstić information content (AvgIpc) is 4.00. The molecule has 15 nitrogen and oxygen atoms in total. The lowest BCUT2D eigenvalue weighted by atomic mass is 10.0. The number of carbonyl (C=O) groups excluding carboxylic acids is 5. The Morgan fingerprint density at radius 3 is 2.56 bits per heavy atom. The Morgan fingerprint density at radius 1 is 0.981 bits per heavy atom. The quantitative estimate of drug-likeness (QED) is 0.364. The molecular formula is C36H47N5O10S. The minimum absolute atomic E-state index is 0.0527. The summed E-state index contributed by atoms with van der Waals surface area (Å²) in [6, 6.07) is 5.66. The van der Waals surface area contributed by atoms with Crippen molar-refractivity contribution in [1.29, 1.82) is 0 Å². The number of ether oxygens (including phenoxy) is 3. The summed E-state index contributed by atoms with van der Waals surface area (Å²) in [6.45, 7) is 1.43. The van der Waals surface area contributed by atoms with Gasteiger partial charge in [0, 0.05) is 31.8 Å². The molecule has 2 saturated heterocycles. The maximum Gasteiger partial charge on any atom is 0.410 e. The summed E-state index contributed by atoms with van der Waals surface area (Å²) in [4.78, 5) is 71.5. The fourth-order valence-electron chi connectivity index (χ4n) is 7.65. The second kappa shape index (κ2) is 15.0. The molecule has 0 bridgehead atoms. The lowest BCUT2D eigenvalue weighted by Crippen LogP contribution is -2.58. The highest BCUT2D eigenvalue weighted by Gasteiger charge is 2.62. The number of hydrogen-bond donors (Lipinski definition) is 3. The highest BCUT2D eigenvalue weighted by Crippen LogP contribution is 2.46. The molecule has 5 amide bonds. The number of fused-ring (bicyclic) bond motifs is 3. The Hall–Kier alpha value is -4.18. The Bertz CT molecular complexity index is 1710. The molecule has 3 N–H and O–H groups in total. The van der Waals surface area contributed by atoms with Gasteiger partial charge in [-0.3, -0.25) is 19.1 Å². The van der Waals surface area contributed by atoms with E-state index in [4.69, 9.17) is 14.2 Å². The van der Waals surface area contributed by atoms with Crippen molar-refractivity contribution in [1.82, 2.24) is 25.2 Å². The van der Waals surface area contributed by atoms with Crippen LogP contribution in [0.5, 0.6) is 0 Å². The fraction of sp³-hybridized carbons (Fsp3) is 0.639. The number of amides is 5. The molecule has 4 aliphatic heterocycles. The number of alkyl carbamates (subject to hydrolysis) is 1. The number of hydrogen-bond acceptors (Lipinski definition) is 10. The first-order valence-electron chi connectivity index (χ1n) is 18.4. The Kier molecular flexibility index (Phi) is 10.5. The Labute approximate surface area is 303 Å². The molecule has 2 saturated carbocycles. The van der Waals surface area contributed by atoms with Gasteiger partial charge >= 0.3 is 12.2 Å². The van der Waals surface area contributed by atoms with Crippen molar-refractivity contribution < 1.29 is 46.6 Å². The lowest BCUT2D eigenvalue weighted by molar-refractivity contribution is -0.141. The van der Waals surface area contributed by atoms with Crippen molar-refractivity contribution >= 4 is 39.9 Å². The molecule has 1 aromatic rings. The van der Waals surface area contributed by atoms with E-state index in [1.54, 1.807) is 4.90 Å². The number of nitrogens with zero attached hydrogens (tertiary/aromatic N) is 2. The normalized spacial score (nSPS) is 31.4. The Morgan fingerprint density at radius 2 is 1.79 bits per heavy atom. The van der Waals surface area contributed by atoms with Crippen LogP contribution in [0.15, 0.2) is 36.4 Å². The van der Waals surface area contributed by atoms with Gasteiger partial charge in [-0.1, -0.05) is 49.3 Å². The van der Waals surface area contributed by atoms with Crippen molar-refractivity contribution in [3.8, 4) is 0 Å². The van der Waals surface area contributed by atoms with Gasteiger partial charge in [0.1, 0.15) is 29.8 Å². The summed E-state index contributed by atoms with van der Waals surface area (Å²) in [5.74, 6) is -2.47. The summed E-state index contributed by atoms with van der Waals surface area (Å²) in [5, 5.41) is 4.91. The van der Waals surface area contributed by atoms with E-state index < -0.39 is 80.9 Å². The molecule has 0 spiro atoms. The van der Waals surface area contributed by atoms with E-state index in [9.17, 15) is 32.4 Å². The fourth-order valence-corrected chi connectivity index (χ4v) is 9.01. The van der Waals surface area contributed by atoms with Crippen LogP contribution in [0, 0.1) is 5.92 Å². The summed E-state index contributed by atoms with van der Waals surface area (Å²) in [7, 11) is -3.90. The molecule has 4 fully saturated rings. The van der Waals surface area contributed by atoms with Crippen LogP contribution in [-0.2, 0) is 51.6 Å². The second-order valence-electron chi connectivity index (χ2n) is 14.8. The predicted molar refractivity (Wildman–Crippen MR) is 185 cm³/mol. The number of carbonyl (C=O) groups is 5. The van der Waals surface area contributed by atoms with Gasteiger partial charge in [0.15, 0.2) is 0 Å². The highest BCUT2D eigenvalue weighted by molar-refractivity contribution is 7.91. The first kappa shape index (κ1) is 36.2. The summed E-state index contributed by atoms with van der Waals surface area (Å²) in [5.41, 5.74) is 0.657. The SMILES string of the molecule is O=C(N[C@H]1CCCCC/C=C\[C@@H]2C[C@@]2(C(=O)NS(=O)(=O)C2CC2)NC(=O)[C@@H]2C[C@@H](OC(=O)N3CCc4ccccc4C3)CN2C1=O)OC1CCOC1. The van der Waals surface area contributed by atoms with Gasteiger partial charge in [-0.05, 0) is 56.1 Å². The third-order valence-electron chi connectivity index (χ3n) is 11.0. The minimum Gasteiger partial charge on any atom is -0.444 e. The van der Waals surface area contributed by atoms with E-state index >= 15 is 0 Å². The number of benzene rings is 1. The van der Waals surface area contributed by atoms with E-state index in [0.717, 1.165) is 24.0 Å². The monoisotopic (exact) mass is 741 g/mol. The smallest absolute Gasteiger partial charge is 0.410 e. The third-order valence-corrected chi connectivity index (χ3v) is 12.8. The maximum absolute atomic E-state index is 14.4. The molecule has 1 aromatic carbocycles. The first-order chi connectivity index (χ1) is 25.0. The van der Waals surface area contributed by atoms with E-state index in [-0.39, 0.29) is 32.4 Å². The predicted octanol–water partition coefficient (Wildman–Crippen LogP) is 2.04. The van der Waals surface area contributed by atoms with Crippen LogP contribution in [0.4, 0.5) is 9.59 Å². The van der Waals surface area contributed by atoms with Crippen LogP contribution < -0.4 is 15.4 Å². The third kappa shape index (κ3) is 8.07. The zero-order chi connectivity index (χ0) is 36.5. The molecule has 52 heavy (non-hydrogen) atoms. The topological polar surface area (TPSA) is 190 Å². The molecule has 0 aromatic heterocycles. The van der Waals surface area contributed by atoms with Gasteiger partial charge in [-0.25, -0.2) is 18.0 Å². The van der Waals surface area contributed by atoms with Crippen LogP contribution in [0.25, 0.3) is 0 Å². The molecule has 282 valence electrons. The van der Waals surface area contributed by atoms with Crippen LogP contribution >= 0.6 is 0 Å². The van der Waals surface area contributed by atoms with Crippen LogP contribution in [0.3, 0.4) is 0 Å². The van der Waals surface area contributed by atoms with Gasteiger partial charge in [-0.15, -0.1) is 0 Å². The molecular weight excluding hydrogens is 694 g/mol. The van der Waals surface area contributed by atoms with Gasteiger partial charge in [0.05, 0.1) is 25.0 Å². The molecule has 0 radical (unpaired) electrons. The van der Waals surface area contributed by atoms with Crippen LogP contribution in [0.1, 0.15) is 75.3 Å². The van der Waals surface area contributed by atoms with E-state index in [2.05, 4.69) is 15.4 Å². The molecule has 4 heterocycles. The highest BCUT2D eigenvalue weighted by atomic mass is 32.2. The lowest BCUT2D eigenvalue weighted by Gasteiger charge is -2.30. The molecule has 7 rings (SSSR count).